The van der Waals surface area contributed by atoms with Crippen molar-refractivity contribution in [3.8, 4) is 0 Å². The van der Waals surface area contributed by atoms with Gasteiger partial charge in [0.15, 0.2) is 0 Å². The number of hydrogen-bond donors (Lipinski definition) is 1. The summed E-state index contributed by atoms with van der Waals surface area (Å²) in [5.74, 6) is 0.103. The molecule has 2 unspecified atom stereocenters. The van der Waals surface area contributed by atoms with E-state index in [1.165, 1.54) is 38.5 Å². The van der Waals surface area contributed by atoms with Crippen LogP contribution < -0.4 is 5.32 Å². The van der Waals surface area contributed by atoms with Crippen molar-refractivity contribution in [2.45, 2.75) is 90.6 Å². The van der Waals surface area contributed by atoms with Crippen molar-refractivity contribution < 1.29 is 9.59 Å². The molecule has 1 aliphatic heterocycles. The molecular formula is C17H32N2O2. The van der Waals surface area contributed by atoms with Crippen LogP contribution in [0.1, 0.15) is 78.6 Å². The number of hydrogen-bond acceptors (Lipinski definition) is 2. The third kappa shape index (κ3) is 6.06. The van der Waals surface area contributed by atoms with Crippen LogP contribution in [0.25, 0.3) is 0 Å². The van der Waals surface area contributed by atoms with E-state index in [-0.39, 0.29) is 23.9 Å². The van der Waals surface area contributed by atoms with E-state index in [1.807, 2.05) is 18.7 Å². The second-order valence-electron chi connectivity index (χ2n) is 6.23. The Morgan fingerprint density at radius 1 is 1.05 bits per heavy atom. The fraction of sp³-hybridized carbons (Fsp3) is 0.882. The van der Waals surface area contributed by atoms with E-state index >= 15 is 0 Å². The molecule has 4 nitrogen and oxygen atoms in total. The van der Waals surface area contributed by atoms with Crippen LogP contribution in [0.4, 0.5) is 0 Å². The molecule has 1 N–H and O–H groups in total. The highest BCUT2D eigenvalue weighted by Gasteiger charge is 2.32. The summed E-state index contributed by atoms with van der Waals surface area (Å²) in [6.07, 6.45) is 9.81. The largest absolute Gasteiger partial charge is 0.344 e. The second-order valence-corrected chi connectivity index (χ2v) is 6.23. The van der Waals surface area contributed by atoms with Gasteiger partial charge in [-0.15, -0.1) is 0 Å². The van der Waals surface area contributed by atoms with E-state index in [2.05, 4.69) is 12.2 Å². The summed E-state index contributed by atoms with van der Waals surface area (Å²) in [5.41, 5.74) is 0. The van der Waals surface area contributed by atoms with Crippen LogP contribution in [-0.4, -0.2) is 35.3 Å². The summed E-state index contributed by atoms with van der Waals surface area (Å²) in [6.45, 7) is 6.95. The lowest BCUT2D eigenvalue weighted by molar-refractivity contribution is -0.135. The summed E-state index contributed by atoms with van der Waals surface area (Å²) >= 11 is 0. The molecule has 1 saturated heterocycles. The zero-order chi connectivity index (χ0) is 15.7. The van der Waals surface area contributed by atoms with Gasteiger partial charge in [-0.25, -0.2) is 0 Å². The molecule has 4 heteroatoms. The average molecular weight is 296 g/mol. The highest BCUT2D eigenvalue weighted by Crippen LogP contribution is 2.15. The predicted octanol–water partition coefficient (Wildman–Crippen LogP) is 3.25. The topological polar surface area (TPSA) is 49.4 Å². The molecule has 1 fully saturated rings. The molecule has 21 heavy (non-hydrogen) atoms. The van der Waals surface area contributed by atoms with Gasteiger partial charge in [0.25, 0.3) is 0 Å². The zero-order valence-electron chi connectivity index (χ0n) is 14.0. The van der Waals surface area contributed by atoms with Crippen molar-refractivity contribution in [1.29, 1.82) is 0 Å². The summed E-state index contributed by atoms with van der Waals surface area (Å²) in [4.78, 5) is 26.1. The quantitative estimate of drug-likeness (QED) is 0.664. The maximum atomic E-state index is 12.4. The number of nitrogens with one attached hydrogen (secondary N) is 1. The first-order chi connectivity index (χ1) is 10.1. The van der Waals surface area contributed by atoms with E-state index < -0.39 is 0 Å². The maximum Gasteiger partial charge on any atom is 0.245 e. The molecule has 0 radical (unpaired) electrons. The van der Waals surface area contributed by atoms with Gasteiger partial charge >= 0.3 is 0 Å². The number of unbranched alkanes of at least 4 members (excludes halogenated alkanes) is 6. The van der Waals surface area contributed by atoms with Gasteiger partial charge in [-0.2, -0.15) is 0 Å². The van der Waals surface area contributed by atoms with E-state index in [0.717, 1.165) is 13.0 Å². The minimum Gasteiger partial charge on any atom is -0.344 e. The van der Waals surface area contributed by atoms with Crippen molar-refractivity contribution in [2.75, 3.05) is 6.54 Å². The average Bonchev–Trinajstić information content (AvgIpc) is 2.56. The van der Waals surface area contributed by atoms with Gasteiger partial charge in [0.2, 0.25) is 11.8 Å². The summed E-state index contributed by atoms with van der Waals surface area (Å²) in [5, 5.41) is 2.83. The molecular weight excluding hydrogens is 264 g/mol. The van der Waals surface area contributed by atoms with Crippen molar-refractivity contribution >= 4 is 11.8 Å². The lowest BCUT2D eigenvalue weighted by Crippen LogP contribution is -2.46. The lowest BCUT2D eigenvalue weighted by atomic mass is 10.1. The number of carbonyl (C=O) groups excluding carboxylic acids is 2. The van der Waals surface area contributed by atoms with Crippen LogP contribution in [0.2, 0.25) is 0 Å². The lowest BCUT2D eigenvalue weighted by Gasteiger charge is -2.28. The van der Waals surface area contributed by atoms with E-state index in [1.54, 1.807) is 0 Å². The highest BCUT2D eigenvalue weighted by atomic mass is 16.2. The number of nitrogens with zero attached hydrogens (tertiary/aromatic N) is 1. The normalized spacial score (nSPS) is 23.1. The predicted molar refractivity (Wildman–Crippen MR) is 86.0 cm³/mol. The number of carbonyl (C=O) groups is 2. The Morgan fingerprint density at radius 2 is 1.67 bits per heavy atom. The standard InChI is InChI=1S/C17H32N2O2/c1-4-6-7-8-9-10-11-12-19-14(3)13-16(20)18-15(5-2)17(19)21/h14-15H,4-13H2,1-3H3,(H,18,20). The van der Waals surface area contributed by atoms with Gasteiger partial charge in [-0.1, -0.05) is 52.4 Å². The van der Waals surface area contributed by atoms with Crippen molar-refractivity contribution in [1.82, 2.24) is 10.2 Å². The number of rotatable bonds is 9. The summed E-state index contributed by atoms with van der Waals surface area (Å²) in [7, 11) is 0. The SMILES string of the molecule is CCCCCCCCCN1C(=O)C(CC)NC(=O)CC1C. The molecule has 0 saturated carbocycles. The highest BCUT2D eigenvalue weighted by molar-refractivity contribution is 5.90. The molecule has 0 bridgehead atoms. The van der Waals surface area contributed by atoms with Crippen molar-refractivity contribution in [2.24, 2.45) is 0 Å². The molecule has 1 aliphatic rings. The molecule has 0 aromatic rings. The molecule has 0 aromatic heterocycles. The maximum absolute atomic E-state index is 12.4. The van der Waals surface area contributed by atoms with Gasteiger partial charge in [0.05, 0.1) is 0 Å². The molecule has 0 spiro atoms. The smallest absolute Gasteiger partial charge is 0.245 e. The minimum absolute atomic E-state index is 0.00441. The Labute approximate surface area is 129 Å². The monoisotopic (exact) mass is 296 g/mol. The van der Waals surface area contributed by atoms with Crippen LogP contribution >= 0.6 is 0 Å². The Hall–Kier alpha value is -1.06. The molecule has 1 heterocycles. The summed E-state index contributed by atoms with van der Waals surface area (Å²) < 4.78 is 0. The number of amides is 2. The van der Waals surface area contributed by atoms with Crippen molar-refractivity contribution in [3.05, 3.63) is 0 Å². The van der Waals surface area contributed by atoms with Crippen LogP contribution in [0.5, 0.6) is 0 Å². The van der Waals surface area contributed by atoms with Gasteiger partial charge in [0.1, 0.15) is 6.04 Å². The fourth-order valence-electron chi connectivity index (χ4n) is 2.96. The van der Waals surface area contributed by atoms with E-state index in [0.29, 0.717) is 12.8 Å². The van der Waals surface area contributed by atoms with Gasteiger partial charge in [-0.05, 0) is 19.8 Å². The van der Waals surface area contributed by atoms with Crippen LogP contribution in [0.3, 0.4) is 0 Å². The Kier molecular flexibility index (Phi) is 8.40. The van der Waals surface area contributed by atoms with Gasteiger partial charge in [0, 0.05) is 19.0 Å². The minimum atomic E-state index is -0.327. The molecule has 0 aromatic carbocycles. The molecule has 2 amide bonds. The van der Waals surface area contributed by atoms with Gasteiger partial charge < -0.3 is 10.2 Å². The third-order valence-corrected chi connectivity index (χ3v) is 4.34. The Morgan fingerprint density at radius 3 is 2.29 bits per heavy atom. The van der Waals surface area contributed by atoms with Gasteiger partial charge in [-0.3, -0.25) is 9.59 Å². The molecule has 0 aliphatic carbocycles. The molecule has 2 atom stereocenters. The molecule has 1 rings (SSSR count). The third-order valence-electron chi connectivity index (χ3n) is 4.34. The zero-order valence-corrected chi connectivity index (χ0v) is 14.0. The first-order valence-corrected chi connectivity index (χ1v) is 8.70. The Balaban J connectivity index is 2.36. The van der Waals surface area contributed by atoms with E-state index in [9.17, 15) is 9.59 Å². The van der Waals surface area contributed by atoms with E-state index in [4.69, 9.17) is 0 Å². The summed E-state index contributed by atoms with van der Waals surface area (Å²) in [6, 6.07) is -0.304. The Bertz CT molecular complexity index is 331. The van der Waals surface area contributed by atoms with Crippen LogP contribution in [0.15, 0.2) is 0 Å². The second kappa shape index (κ2) is 9.80. The fourth-order valence-corrected chi connectivity index (χ4v) is 2.96. The van der Waals surface area contributed by atoms with Crippen molar-refractivity contribution in [3.63, 3.8) is 0 Å². The van der Waals surface area contributed by atoms with Crippen LogP contribution in [-0.2, 0) is 9.59 Å². The first kappa shape index (κ1) is 18.0. The van der Waals surface area contributed by atoms with Crippen LogP contribution in [0, 0.1) is 0 Å². The molecule has 122 valence electrons. The first-order valence-electron chi connectivity index (χ1n) is 8.70.